The fourth-order valence-electron chi connectivity index (χ4n) is 4.06. The molecule has 1 aliphatic carbocycles. The van der Waals surface area contributed by atoms with Crippen molar-refractivity contribution in [1.82, 2.24) is 4.57 Å². The molecule has 2 aromatic carbocycles. The number of furan rings is 1. The van der Waals surface area contributed by atoms with Gasteiger partial charge in [-0.3, -0.25) is 9.59 Å². The van der Waals surface area contributed by atoms with Gasteiger partial charge in [0.1, 0.15) is 5.76 Å². The fourth-order valence-corrected chi connectivity index (χ4v) is 4.36. The van der Waals surface area contributed by atoms with Crippen LogP contribution in [-0.2, 0) is 13.5 Å². The van der Waals surface area contributed by atoms with E-state index < -0.39 is 0 Å². The minimum atomic E-state index is -0.318. The van der Waals surface area contributed by atoms with Gasteiger partial charge in [-0.15, -0.1) is 0 Å². The van der Waals surface area contributed by atoms with Crippen LogP contribution in [0, 0.1) is 0 Å². The minimum Gasteiger partial charge on any atom is -0.455 e. The highest BCUT2D eigenvalue weighted by Crippen LogP contribution is 2.33. The molecule has 0 bridgehead atoms. The van der Waals surface area contributed by atoms with Gasteiger partial charge in [0, 0.05) is 41.0 Å². The number of benzene rings is 2. The first kappa shape index (κ1) is 20.3. The predicted molar refractivity (Wildman–Crippen MR) is 128 cm³/mol. The lowest BCUT2D eigenvalue weighted by atomic mass is 10.0. The highest BCUT2D eigenvalue weighted by molar-refractivity contribution is 6.42. The van der Waals surface area contributed by atoms with E-state index in [2.05, 4.69) is 0 Å². The van der Waals surface area contributed by atoms with Crippen LogP contribution in [0.5, 0.6) is 0 Å². The number of hydrogen-bond acceptors (Lipinski definition) is 3. The Morgan fingerprint density at radius 1 is 0.969 bits per heavy atom. The lowest BCUT2D eigenvalue weighted by Crippen LogP contribution is -1.99. The van der Waals surface area contributed by atoms with Crippen molar-refractivity contribution in [2.45, 2.75) is 13.3 Å². The number of aryl methyl sites for hydroxylation is 2. The second kappa shape index (κ2) is 7.81. The van der Waals surface area contributed by atoms with E-state index in [4.69, 9.17) is 16.0 Å². The molecule has 1 aliphatic rings. The van der Waals surface area contributed by atoms with Crippen LogP contribution in [0.4, 0.5) is 0 Å². The predicted octanol–water partition coefficient (Wildman–Crippen LogP) is 6.62. The zero-order valence-electron chi connectivity index (χ0n) is 17.7. The zero-order valence-corrected chi connectivity index (χ0v) is 18.4. The average Bonchev–Trinajstić information content (AvgIpc) is 3.40. The van der Waals surface area contributed by atoms with Crippen molar-refractivity contribution in [3.05, 3.63) is 98.9 Å². The Labute approximate surface area is 190 Å². The minimum absolute atomic E-state index is 0.104. The van der Waals surface area contributed by atoms with E-state index in [9.17, 15) is 9.59 Å². The molecule has 0 amide bonds. The Kier molecular flexibility index (Phi) is 4.95. The maximum absolute atomic E-state index is 12.9. The topological polar surface area (TPSA) is 52.2 Å². The molecule has 4 nitrogen and oxygen atoms in total. The molecule has 0 N–H and O–H groups in total. The molecule has 4 aromatic rings. The first-order valence-corrected chi connectivity index (χ1v) is 10.8. The van der Waals surface area contributed by atoms with E-state index in [1.165, 1.54) is 6.08 Å². The van der Waals surface area contributed by atoms with Gasteiger partial charge in [-0.1, -0.05) is 54.9 Å². The van der Waals surface area contributed by atoms with E-state index in [1.807, 2.05) is 73.2 Å². The normalized spacial score (nSPS) is 14.9. The number of carbonyl (C=O) groups is 2. The van der Waals surface area contributed by atoms with Crippen molar-refractivity contribution < 1.29 is 14.0 Å². The summed E-state index contributed by atoms with van der Waals surface area (Å²) in [5.74, 6) is -0.139. The van der Waals surface area contributed by atoms with E-state index in [1.54, 1.807) is 12.1 Å². The third-order valence-electron chi connectivity index (χ3n) is 5.87. The Morgan fingerprint density at radius 2 is 1.69 bits per heavy atom. The van der Waals surface area contributed by atoms with E-state index in [0.29, 0.717) is 33.9 Å². The number of ketones is 2. The zero-order chi connectivity index (χ0) is 22.4. The average molecular weight is 442 g/mol. The molecule has 5 heteroatoms. The van der Waals surface area contributed by atoms with Crippen LogP contribution in [0.15, 0.2) is 64.6 Å². The number of nitrogens with zero attached hydrogens (tertiary/aromatic N) is 1. The van der Waals surface area contributed by atoms with Gasteiger partial charge in [-0.05, 0) is 41.8 Å². The van der Waals surface area contributed by atoms with Crippen LogP contribution < -0.4 is 0 Å². The standard InChI is InChI=1S/C27H20ClNO3/c1-3-17-11-20-21(15-23(17)28)27(31)22(26(20)30)13-19-14-24-25(32-19)12-18(29(24)2)10-9-16-7-5-4-6-8-16/h4-15H,3H2,1-2H3/b10-9+,22-13+. The molecule has 5 rings (SSSR count). The molecule has 158 valence electrons. The van der Waals surface area contributed by atoms with Crippen molar-refractivity contribution in [3.8, 4) is 0 Å². The molecule has 0 atom stereocenters. The largest absolute Gasteiger partial charge is 0.455 e. The highest BCUT2D eigenvalue weighted by Gasteiger charge is 2.34. The summed E-state index contributed by atoms with van der Waals surface area (Å²) in [4.78, 5) is 25.8. The number of carbonyl (C=O) groups excluding carboxylic acids is 2. The van der Waals surface area contributed by atoms with Gasteiger partial charge in [0.25, 0.3) is 0 Å². The first-order chi connectivity index (χ1) is 15.5. The molecule has 32 heavy (non-hydrogen) atoms. The van der Waals surface area contributed by atoms with Crippen molar-refractivity contribution >= 4 is 52.5 Å². The van der Waals surface area contributed by atoms with Gasteiger partial charge in [0.2, 0.25) is 0 Å². The van der Waals surface area contributed by atoms with Gasteiger partial charge in [-0.25, -0.2) is 0 Å². The van der Waals surface area contributed by atoms with Crippen molar-refractivity contribution in [3.63, 3.8) is 0 Å². The molecule has 2 heterocycles. The third kappa shape index (κ3) is 3.33. The van der Waals surface area contributed by atoms with Gasteiger partial charge >= 0.3 is 0 Å². The molecular formula is C27H20ClNO3. The van der Waals surface area contributed by atoms with Gasteiger partial charge in [0.15, 0.2) is 17.1 Å². The number of allylic oxidation sites excluding steroid dienone is 1. The fraction of sp³-hybridized carbons (Fsp3) is 0.111. The number of fused-ring (bicyclic) bond motifs is 2. The van der Waals surface area contributed by atoms with Crippen molar-refractivity contribution in [1.29, 1.82) is 0 Å². The van der Waals surface area contributed by atoms with E-state index >= 15 is 0 Å². The lowest BCUT2D eigenvalue weighted by Gasteiger charge is -2.03. The third-order valence-corrected chi connectivity index (χ3v) is 6.22. The van der Waals surface area contributed by atoms with Gasteiger partial charge in [0.05, 0.1) is 11.1 Å². The summed E-state index contributed by atoms with van der Waals surface area (Å²) < 4.78 is 7.96. The van der Waals surface area contributed by atoms with Crippen LogP contribution in [0.2, 0.25) is 5.02 Å². The van der Waals surface area contributed by atoms with Crippen molar-refractivity contribution in [2.24, 2.45) is 7.05 Å². The van der Waals surface area contributed by atoms with Crippen LogP contribution >= 0.6 is 11.6 Å². The van der Waals surface area contributed by atoms with Crippen molar-refractivity contribution in [2.75, 3.05) is 0 Å². The SMILES string of the molecule is CCc1cc2c(cc1Cl)C(=O)/C(=C/c1cc3c(cc(/C=C/c4ccccc4)n3C)o1)C2=O. The monoisotopic (exact) mass is 441 g/mol. The molecule has 0 saturated heterocycles. The lowest BCUT2D eigenvalue weighted by molar-refractivity contribution is 0.0990. The highest BCUT2D eigenvalue weighted by atomic mass is 35.5. The molecule has 0 saturated carbocycles. The smallest absolute Gasteiger partial charge is 0.197 e. The Bertz CT molecular complexity index is 1450. The molecule has 0 fully saturated rings. The summed E-state index contributed by atoms with van der Waals surface area (Å²) in [6.45, 7) is 1.96. The summed E-state index contributed by atoms with van der Waals surface area (Å²) in [6.07, 6.45) is 6.29. The number of rotatable bonds is 4. The Morgan fingerprint density at radius 3 is 2.38 bits per heavy atom. The van der Waals surface area contributed by atoms with Crippen LogP contribution in [0.25, 0.3) is 29.3 Å². The molecule has 0 radical (unpaired) electrons. The Balaban J connectivity index is 1.47. The summed E-state index contributed by atoms with van der Waals surface area (Å²) in [7, 11) is 1.95. The molecule has 0 spiro atoms. The second-order valence-electron chi connectivity index (χ2n) is 7.83. The summed E-state index contributed by atoms with van der Waals surface area (Å²) in [5, 5.41) is 0.508. The molecule has 0 aliphatic heterocycles. The van der Waals surface area contributed by atoms with Crippen LogP contribution in [-0.4, -0.2) is 16.1 Å². The maximum atomic E-state index is 12.9. The number of Topliss-reactive ketones (excluding diaryl/α,β-unsaturated/α-hetero) is 2. The summed E-state index contributed by atoms with van der Waals surface area (Å²) >= 11 is 6.25. The maximum Gasteiger partial charge on any atom is 0.197 e. The molecule has 0 unspecified atom stereocenters. The summed E-state index contributed by atoms with van der Waals surface area (Å²) in [5.41, 5.74) is 5.40. The van der Waals surface area contributed by atoms with Gasteiger partial charge < -0.3 is 8.98 Å². The van der Waals surface area contributed by atoms with Crippen LogP contribution in [0.3, 0.4) is 0 Å². The van der Waals surface area contributed by atoms with E-state index in [0.717, 1.165) is 22.3 Å². The van der Waals surface area contributed by atoms with Crippen LogP contribution in [0.1, 0.15) is 50.2 Å². The Hall–Kier alpha value is -3.63. The number of halogens is 1. The number of hydrogen-bond donors (Lipinski definition) is 0. The second-order valence-corrected chi connectivity index (χ2v) is 8.24. The quantitative estimate of drug-likeness (QED) is 0.264. The summed E-state index contributed by atoms with van der Waals surface area (Å²) in [6, 6.07) is 17.2. The molecular weight excluding hydrogens is 422 g/mol. The van der Waals surface area contributed by atoms with Gasteiger partial charge in [-0.2, -0.15) is 0 Å². The molecule has 2 aromatic heterocycles. The first-order valence-electron chi connectivity index (χ1n) is 10.4. The van der Waals surface area contributed by atoms with E-state index in [-0.39, 0.29) is 17.1 Å². The number of aromatic nitrogens is 1.